The van der Waals surface area contributed by atoms with E-state index in [1.807, 2.05) is 103 Å². The molecule has 1 aliphatic heterocycles. The average Bonchev–Trinajstić information content (AvgIpc) is 3.65. The Balaban J connectivity index is 1.11. The zero-order valence-corrected chi connectivity index (χ0v) is 36.6. The Morgan fingerprint density at radius 3 is 1.38 bits per heavy atom. The zero-order valence-electron chi connectivity index (χ0n) is 36.6. The van der Waals surface area contributed by atoms with Gasteiger partial charge in [0.2, 0.25) is 0 Å². The van der Waals surface area contributed by atoms with Crippen molar-refractivity contribution in [3.63, 3.8) is 0 Å². The summed E-state index contributed by atoms with van der Waals surface area (Å²) < 4.78 is 42.0. The molecule has 0 spiro atoms. The van der Waals surface area contributed by atoms with E-state index in [9.17, 15) is 24.0 Å². The van der Waals surface area contributed by atoms with Crippen molar-refractivity contribution in [1.29, 1.82) is 0 Å². The number of aromatic nitrogens is 2. The van der Waals surface area contributed by atoms with Crippen molar-refractivity contribution in [2.45, 2.75) is 63.1 Å². The summed E-state index contributed by atoms with van der Waals surface area (Å²) in [4.78, 5) is 70.1. The molecule has 0 amide bonds. The number of nitrogens with one attached hydrogen (secondary N) is 1. The largest absolute Gasteiger partial charge is 0.497 e. The summed E-state index contributed by atoms with van der Waals surface area (Å²) in [6.07, 6.45) is -4.34. The molecular weight excluding hydrogens is 833 g/mol. The van der Waals surface area contributed by atoms with E-state index in [0.29, 0.717) is 33.9 Å². The molecule has 14 heteroatoms. The number of fused-ring (bicyclic) bond motifs is 3. The molecule has 1 saturated heterocycles. The molecule has 0 saturated carbocycles. The van der Waals surface area contributed by atoms with Crippen molar-refractivity contribution in [3.05, 3.63) is 159 Å². The van der Waals surface area contributed by atoms with Crippen molar-refractivity contribution in [2.24, 2.45) is 0 Å². The van der Waals surface area contributed by atoms with Crippen LogP contribution >= 0.6 is 0 Å². The van der Waals surface area contributed by atoms with Crippen molar-refractivity contribution >= 4 is 50.2 Å². The first-order chi connectivity index (χ1) is 31.3. The number of methoxy groups -OCH3 is 3. The quantitative estimate of drug-likeness (QED) is 0.0836. The first-order valence-corrected chi connectivity index (χ1v) is 21.1. The van der Waals surface area contributed by atoms with Crippen molar-refractivity contribution in [3.8, 4) is 17.2 Å². The highest BCUT2D eigenvalue weighted by Gasteiger charge is 2.52. The number of hydrogen-bond acceptors (Lipinski definition) is 12. The number of carbonyl (C=O) groups excluding carboxylic acids is 3. The van der Waals surface area contributed by atoms with Crippen LogP contribution in [0.1, 0.15) is 61.4 Å². The Labute approximate surface area is 373 Å². The van der Waals surface area contributed by atoms with Gasteiger partial charge in [-0.25, -0.2) is 4.79 Å². The average molecular weight is 881 g/mol. The summed E-state index contributed by atoms with van der Waals surface area (Å²) in [5, 5.41) is 5.35. The smallest absolute Gasteiger partial charge is 0.330 e. The Morgan fingerprint density at radius 1 is 0.554 bits per heavy atom. The fourth-order valence-corrected chi connectivity index (χ4v) is 8.05. The van der Waals surface area contributed by atoms with Gasteiger partial charge in [-0.15, -0.1) is 0 Å². The van der Waals surface area contributed by atoms with Gasteiger partial charge in [0.05, 0.1) is 39.1 Å². The first kappa shape index (κ1) is 44.2. The second-order valence-corrected chi connectivity index (χ2v) is 16.1. The van der Waals surface area contributed by atoms with Crippen LogP contribution in [0.5, 0.6) is 17.2 Å². The third-order valence-corrected chi connectivity index (χ3v) is 12.1. The fourth-order valence-electron chi connectivity index (χ4n) is 8.05. The Kier molecular flexibility index (Phi) is 12.7. The molecule has 8 rings (SSSR count). The lowest BCUT2D eigenvalue weighted by molar-refractivity contribution is -0.171. The minimum Gasteiger partial charge on any atom is -0.497 e. The number of H-pyrrole nitrogens is 1. The summed E-state index contributed by atoms with van der Waals surface area (Å²) in [7, 11) is 4.76. The maximum Gasteiger partial charge on any atom is 0.330 e. The molecule has 0 bridgehead atoms. The van der Waals surface area contributed by atoms with Crippen LogP contribution in [0.2, 0.25) is 0 Å². The Bertz CT molecular complexity index is 3050. The summed E-state index contributed by atoms with van der Waals surface area (Å²) in [6, 6.07) is 34.6. The fraction of sp³-hybridized carbons (Fsp3) is 0.275. The molecule has 0 unspecified atom stereocenters. The van der Waals surface area contributed by atoms with Crippen LogP contribution in [0.3, 0.4) is 0 Å². The first-order valence-electron chi connectivity index (χ1n) is 21.1. The number of carbonyl (C=O) groups is 3. The number of benzene rings is 6. The summed E-state index contributed by atoms with van der Waals surface area (Å²) in [6.45, 7) is 4.61. The van der Waals surface area contributed by atoms with Gasteiger partial charge in [0, 0.05) is 12.3 Å². The van der Waals surface area contributed by atoms with Crippen LogP contribution < -0.4 is 25.5 Å². The summed E-state index contributed by atoms with van der Waals surface area (Å²) >= 11 is 0. The highest BCUT2D eigenvalue weighted by atomic mass is 16.7. The van der Waals surface area contributed by atoms with Gasteiger partial charge < -0.3 is 33.2 Å². The van der Waals surface area contributed by atoms with Gasteiger partial charge >= 0.3 is 23.6 Å². The summed E-state index contributed by atoms with van der Waals surface area (Å²) in [5.41, 5.74) is 0.428. The van der Waals surface area contributed by atoms with Crippen molar-refractivity contribution in [1.82, 2.24) is 9.55 Å². The predicted octanol–water partition coefficient (Wildman–Crippen LogP) is 7.70. The second-order valence-electron chi connectivity index (χ2n) is 16.1. The number of rotatable bonds is 14. The monoisotopic (exact) mass is 880 g/mol. The van der Waals surface area contributed by atoms with Gasteiger partial charge in [-0.05, 0) is 106 Å². The number of hydrogen-bond donors (Lipinski definition) is 1. The van der Waals surface area contributed by atoms with Gasteiger partial charge in [0.15, 0.2) is 18.4 Å². The van der Waals surface area contributed by atoms with Gasteiger partial charge in [-0.3, -0.25) is 28.7 Å². The topological polar surface area (TPSA) is 171 Å². The predicted molar refractivity (Wildman–Crippen MR) is 243 cm³/mol. The molecule has 1 aromatic heterocycles. The third-order valence-electron chi connectivity index (χ3n) is 12.1. The van der Waals surface area contributed by atoms with Crippen molar-refractivity contribution < 1.29 is 47.5 Å². The number of aromatic amines is 1. The molecule has 65 heavy (non-hydrogen) atoms. The number of esters is 3. The molecule has 2 heterocycles. The maximum absolute atomic E-state index is 14.3. The van der Waals surface area contributed by atoms with Crippen molar-refractivity contribution in [2.75, 3.05) is 27.9 Å². The minimum atomic E-state index is -1.46. The van der Waals surface area contributed by atoms with E-state index in [2.05, 4.69) is 4.98 Å². The maximum atomic E-state index is 14.3. The van der Waals surface area contributed by atoms with Gasteiger partial charge in [-0.2, -0.15) is 0 Å². The molecule has 1 aliphatic rings. The van der Waals surface area contributed by atoms with E-state index in [4.69, 9.17) is 33.2 Å². The van der Waals surface area contributed by atoms with Gasteiger partial charge in [-0.1, -0.05) is 72.8 Å². The molecule has 0 aliphatic carbocycles. The Hall–Kier alpha value is -7.45. The highest BCUT2D eigenvalue weighted by molar-refractivity contribution is 5.89. The molecule has 334 valence electrons. The van der Waals surface area contributed by atoms with E-state index in [-0.39, 0.29) is 0 Å². The molecular formula is C51H48N2O12. The molecule has 7 aromatic rings. The van der Waals surface area contributed by atoms with Crippen LogP contribution in [0.15, 0.2) is 131 Å². The van der Waals surface area contributed by atoms with Crippen LogP contribution in [0.4, 0.5) is 0 Å². The number of ether oxygens (including phenoxy) is 7. The van der Waals surface area contributed by atoms with E-state index in [1.54, 1.807) is 48.2 Å². The second kappa shape index (κ2) is 18.7. The normalized spacial score (nSPS) is 18.4. The minimum absolute atomic E-state index is 0.454. The highest BCUT2D eigenvalue weighted by Crippen LogP contribution is 2.37. The van der Waals surface area contributed by atoms with Gasteiger partial charge in [0.25, 0.3) is 5.56 Å². The molecule has 6 aromatic carbocycles. The lowest BCUT2D eigenvalue weighted by Gasteiger charge is -2.27. The summed E-state index contributed by atoms with van der Waals surface area (Å²) in [5.74, 6) is -2.35. The van der Waals surface area contributed by atoms with Gasteiger partial charge in [0.1, 0.15) is 30.0 Å². The van der Waals surface area contributed by atoms with Crippen LogP contribution in [0.25, 0.3) is 32.3 Å². The lowest BCUT2D eigenvalue weighted by Crippen LogP contribution is -2.44. The standard InChI is InChI=1S/C51H48N2O12/c1-28(31-7-10-37-24-40(59-4)16-13-34(37)21-31)48(55)62-27-43-45(64-49(56)29(2)32-8-11-38-25-41(60-5)17-14-35(38)22-32)46(47(63-43)53-20-19-44(54)52-51(53)58)65-50(57)30(3)33-9-12-39-26-42(61-6)18-15-36(39)23-33/h7-26,28-30,43,45-47H,27H2,1-6H3,(H,52,54,58)/t28-,29-,30-,43+,45+,46+,47+/m0/s1. The number of nitrogens with zero attached hydrogens (tertiary/aromatic N) is 1. The van der Waals surface area contributed by atoms with Crippen LogP contribution in [-0.4, -0.2) is 73.7 Å². The molecule has 7 atom stereocenters. The molecule has 0 radical (unpaired) electrons. The molecule has 14 nitrogen and oxygen atoms in total. The lowest BCUT2D eigenvalue weighted by atomic mass is 9.97. The Morgan fingerprint density at radius 2 is 0.954 bits per heavy atom. The SMILES string of the molecule is COc1ccc2cc([C@H](C)C(=O)OC[C@H]3O[C@@H](n4ccc(=O)[nH]c4=O)[C@H](OC(=O)[C@@H](C)c4ccc5cc(OC)ccc5c4)[C@@H]3OC(=O)[C@@H](C)c3ccc4cc(OC)ccc4c3)ccc2c1. The molecule has 1 fully saturated rings. The van der Waals surface area contributed by atoms with Crippen LogP contribution in [0, 0.1) is 0 Å². The van der Waals surface area contributed by atoms with E-state index >= 15 is 0 Å². The zero-order chi connectivity index (χ0) is 45.9. The van der Waals surface area contributed by atoms with E-state index in [0.717, 1.165) is 43.0 Å². The third kappa shape index (κ3) is 9.30. The van der Waals surface area contributed by atoms with E-state index < -0.39 is 78.1 Å². The van der Waals surface area contributed by atoms with Crippen LogP contribution in [-0.2, 0) is 33.3 Å². The molecule has 1 N–H and O–H groups in total. The van der Waals surface area contributed by atoms with E-state index in [1.165, 1.54) is 6.20 Å².